The Morgan fingerprint density at radius 1 is 1.40 bits per heavy atom. The third kappa shape index (κ3) is 2.99. The van der Waals surface area contributed by atoms with Crippen LogP contribution in [0.3, 0.4) is 0 Å². The van der Waals surface area contributed by atoms with Crippen LogP contribution in [0.5, 0.6) is 0 Å². The second-order valence-electron chi connectivity index (χ2n) is 4.71. The van der Waals surface area contributed by atoms with Gasteiger partial charge in [-0.25, -0.2) is 4.39 Å². The molecule has 1 heterocycles. The molecule has 112 valence electrons. The van der Waals surface area contributed by atoms with Gasteiger partial charge in [-0.05, 0) is 5.56 Å². The van der Waals surface area contributed by atoms with Gasteiger partial charge in [-0.2, -0.15) is 0 Å². The van der Waals surface area contributed by atoms with Gasteiger partial charge < -0.3 is 24.4 Å². The number of aliphatic hydroxyl groups is 2. The number of benzene rings is 1. The molecule has 2 N–H and O–H groups in total. The first-order chi connectivity index (χ1) is 9.63. The Morgan fingerprint density at radius 2 is 2.10 bits per heavy atom. The maximum absolute atomic E-state index is 13.6. The van der Waals surface area contributed by atoms with Crippen molar-refractivity contribution >= 4 is 0 Å². The summed E-state index contributed by atoms with van der Waals surface area (Å²) in [4.78, 5) is 0. The molecule has 1 aliphatic rings. The maximum Gasteiger partial charge on any atom is 0.221 e. The Labute approximate surface area is 116 Å². The highest BCUT2D eigenvalue weighted by molar-refractivity contribution is 5.13. The fourth-order valence-electron chi connectivity index (χ4n) is 2.21. The van der Waals surface area contributed by atoms with E-state index in [1.807, 2.05) is 30.3 Å². The van der Waals surface area contributed by atoms with Gasteiger partial charge in [0.2, 0.25) is 5.79 Å². The van der Waals surface area contributed by atoms with Gasteiger partial charge in [0.05, 0.1) is 13.2 Å². The van der Waals surface area contributed by atoms with Crippen LogP contribution in [0.4, 0.5) is 4.39 Å². The average Bonchev–Trinajstić information content (AvgIpc) is 2.50. The van der Waals surface area contributed by atoms with E-state index in [2.05, 4.69) is 0 Å². The van der Waals surface area contributed by atoms with Crippen LogP contribution in [0, 0.1) is 0 Å². The largest absolute Gasteiger partial charge is 0.391 e. The molecule has 2 rings (SSSR count). The molecular weight excluding hydrogens is 267 g/mol. The number of hydrogen-bond donors (Lipinski definition) is 2. The van der Waals surface area contributed by atoms with Crippen molar-refractivity contribution < 1.29 is 28.8 Å². The van der Waals surface area contributed by atoms with E-state index < -0.39 is 30.8 Å². The zero-order valence-electron chi connectivity index (χ0n) is 11.2. The van der Waals surface area contributed by atoms with E-state index >= 15 is 0 Å². The number of methoxy groups -OCH3 is 1. The van der Waals surface area contributed by atoms with Crippen LogP contribution in [0.15, 0.2) is 30.3 Å². The zero-order chi connectivity index (χ0) is 14.6. The fraction of sp³-hybridized carbons (Fsp3) is 0.571. The van der Waals surface area contributed by atoms with Crippen molar-refractivity contribution in [2.75, 3.05) is 20.3 Å². The van der Waals surface area contributed by atoms with E-state index in [4.69, 9.17) is 14.2 Å². The van der Waals surface area contributed by atoms with Gasteiger partial charge >= 0.3 is 0 Å². The van der Waals surface area contributed by atoms with Crippen LogP contribution in [0.1, 0.15) is 5.56 Å². The first kappa shape index (κ1) is 15.3. The van der Waals surface area contributed by atoms with Crippen molar-refractivity contribution in [2.24, 2.45) is 0 Å². The summed E-state index contributed by atoms with van der Waals surface area (Å²) in [5.41, 5.74) is 0.864. The van der Waals surface area contributed by atoms with E-state index in [-0.39, 0.29) is 13.2 Å². The highest BCUT2D eigenvalue weighted by Gasteiger charge is 2.52. The second-order valence-corrected chi connectivity index (χ2v) is 4.71. The topological polar surface area (TPSA) is 68.2 Å². The first-order valence-electron chi connectivity index (χ1n) is 6.40. The van der Waals surface area contributed by atoms with Crippen LogP contribution >= 0.6 is 0 Å². The highest BCUT2D eigenvalue weighted by Crippen LogP contribution is 2.31. The Bertz CT molecular complexity index is 409. The number of ether oxygens (including phenoxy) is 3. The third-order valence-corrected chi connectivity index (χ3v) is 3.44. The summed E-state index contributed by atoms with van der Waals surface area (Å²) in [5.74, 6) is -1.54. The molecule has 1 saturated heterocycles. The molecule has 0 radical (unpaired) electrons. The molecule has 1 aromatic carbocycles. The molecule has 4 atom stereocenters. The maximum atomic E-state index is 13.6. The van der Waals surface area contributed by atoms with Crippen molar-refractivity contribution in [3.63, 3.8) is 0 Å². The highest BCUT2D eigenvalue weighted by atomic mass is 19.1. The molecular formula is C14H19FO5. The summed E-state index contributed by atoms with van der Waals surface area (Å²) in [6, 6.07) is 9.25. The van der Waals surface area contributed by atoms with E-state index in [9.17, 15) is 14.6 Å². The number of hydrogen-bond acceptors (Lipinski definition) is 5. The van der Waals surface area contributed by atoms with Gasteiger partial charge in [0, 0.05) is 7.11 Å². The lowest BCUT2D eigenvalue weighted by molar-refractivity contribution is -0.345. The van der Waals surface area contributed by atoms with Crippen LogP contribution in [0.25, 0.3) is 0 Å². The molecule has 0 saturated carbocycles. The number of alkyl halides is 1. The predicted octanol–water partition coefficient (Wildman–Crippen LogP) is 0.636. The lowest BCUT2D eigenvalue weighted by Crippen LogP contribution is -2.63. The molecule has 0 aliphatic carbocycles. The van der Waals surface area contributed by atoms with Crippen LogP contribution in [-0.4, -0.2) is 54.7 Å². The van der Waals surface area contributed by atoms with Crippen molar-refractivity contribution in [1.82, 2.24) is 0 Å². The smallest absolute Gasteiger partial charge is 0.221 e. The van der Waals surface area contributed by atoms with E-state index in [0.717, 1.165) is 5.56 Å². The van der Waals surface area contributed by atoms with Crippen LogP contribution in [-0.2, 0) is 20.8 Å². The molecule has 0 unspecified atom stereocenters. The van der Waals surface area contributed by atoms with E-state index in [0.29, 0.717) is 0 Å². The quantitative estimate of drug-likeness (QED) is 0.831. The fourth-order valence-corrected chi connectivity index (χ4v) is 2.21. The normalized spacial score (nSPS) is 34.1. The molecule has 0 aromatic heterocycles. The van der Waals surface area contributed by atoms with E-state index in [1.54, 1.807) is 0 Å². The van der Waals surface area contributed by atoms with Gasteiger partial charge in [-0.15, -0.1) is 0 Å². The zero-order valence-corrected chi connectivity index (χ0v) is 11.2. The van der Waals surface area contributed by atoms with Crippen LogP contribution < -0.4 is 0 Å². The molecule has 1 aliphatic heterocycles. The van der Waals surface area contributed by atoms with Crippen LogP contribution in [0.2, 0.25) is 0 Å². The summed E-state index contributed by atoms with van der Waals surface area (Å²) in [6.45, 7) is -0.725. The Kier molecular flexibility index (Phi) is 5.06. The molecule has 20 heavy (non-hydrogen) atoms. The molecule has 5 nitrogen and oxygen atoms in total. The summed E-state index contributed by atoms with van der Waals surface area (Å²) in [6.07, 6.45) is -4.10. The van der Waals surface area contributed by atoms with Gasteiger partial charge in [-0.1, -0.05) is 30.3 Å². The summed E-state index contributed by atoms with van der Waals surface area (Å²) >= 11 is 0. The Morgan fingerprint density at radius 3 is 2.70 bits per heavy atom. The van der Waals surface area contributed by atoms with Gasteiger partial charge in [0.1, 0.15) is 18.8 Å². The minimum Gasteiger partial charge on any atom is -0.391 e. The van der Waals surface area contributed by atoms with Gasteiger partial charge in [0.25, 0.3) is 0 Å². The second kappa shape index (κ2) is 6.60. The lowest BCUT2D eigenvalue weighted by atomic mass is 9.97. The van der Waals surface area contributed by atoms with Crippen molar-refractivity contribution in [3.05, 3.63) is 35.9 Å². The van der Waals surface area contributed by atoms with Gasteiger partial charge in [-0.3, -0.25) is 0 Å². The molecule has 0 bridgehead atoms. The standard InChI is InChI=1S/C14H19FO5/c1-18-14(9-16)13(12(17)11(15)8-20-14)19-7-10-5-3-2-4-6-10/h2-6,11-13,16-17H,7-9H2,1H3/t11-,12+,13-,14+/m0/s1. The number of rotatable bonds is 5. The monoisotopic (exact) mass is 286 g/mol. The van der Waals surface area contributed by atoms with Crippen molar-refractivity contribution in [2.45, 2.75) is 30.8 Å². The Hall–Kier alpha value is -1.05. The molecule has 6 heteroatoms. The minimum absolute atomic E-state index is 0.157. The Balaban J connectivity index is 2.11. The summed E-state index contributed by atoms with van der Waals surface area (Å²) in [5, 5.41) is 19.4. The molecule has 1 fully saturated rings. The van der Waals surface area contributed by atoms with E-state index in [1.165, 1.54) is 7.11 Å². The third-order valence-electron chi connectivity index (χ3n) is 3.44. The van der Waals surface area contributed by atoms with Gasteiger partial charge in [0.15, 0.2) is 6.17 Å². The molecule has 0 spiro atoms. The predicted molar refractivity (Wildman–Crippen MR) is 68.7 cm³/mol. The number of aliphatic hydroxyl groups excluding tert-OH is 2. The lowest BCUT2D eigenvalue weighted by Gasteiger charge is -2.44. The average molecular weight is 286 g/mol. The number of halogens is 1. The van der Waals surface area contributed by atoms with Crippen molar-refractivity contribution in [1.29, 1.82) is 0 Å². The first-order valence-corrected chi connectivity index (χ1v) is 6.40. The SMILES string of the molecule is CO[C@]1(CO)OC[C@H](F)[C@@H](O)[C@@H]1OCc1ccccc1. The minimum atomic E-state index is -1.58. The summed E-state index contributed by atoms with van der Waals surface area (Å²) in [7, 11) is 1.32. The molecule has 1 aromatic rings. The summed E-state index contributed by atoms with van der Waals surface area (Å²) < 4.78 is 29.5. The van der Waals surface area contributed by atoms with Crippen molar-refractivity contribution in [3.8, 4) is 0 Å². The molecule has 0 amide bonds.